The fraction of sp³-hybridized carbons (Fsp3) is 0.182. The highest BCUT2D eigenvalue weighted by Crippen LogP contribution is 2.32. The van der Waals surface area contributed by atoms with Gasteiger partial charge in [-0.1, -0.05) is 72.3 Å². The van der Waals surface area contributed by atoms with E-state index in [0.29, 0.717) is 29.4 Å². The Balaban J connectivity index is 1.03. The lowest BCUT2D eigenvalue weighted by atomic mass is 9.99. The molecule has 0 atom stereocenters. The number of rotatable bonds is 13. The highest BCUT2D eigenvalue weighted by atomic mass is 35.5. The van der Waals surface area contributed by atoms with Crippen LogP contribution in [-0.4, -0.2) is 56.5 Å². The number of para-hydroxylation sites is 1. The Hall–Kier alpha value is -5.88. The van der Waals surface area contributed by atoms with Gasteiger partial charge in [0.2, 0.25) is 0 Å². The molecule has 10 nitrogen and oxygen atoms in total. The van der Waals surface area contributed by atoms with E-state index in [0.717, 1.165) is 49.7 Å². The number of sulfonamides is 1. The number of benzene rings is 5. The van der Waals surface area contributed by atoms with Crippen LogP contribution in [-0.2, 0) is 23.1 Å². The lowest BCUT2D eigenvalue weighted by Crippen LogP contribution is -2.46. The summed E-state index contributed by atoms with van der Waals surface area (Å²) in [5.74, 6) is -0.0460. The van der Waals surface area contributed by atoms with Gasteiger partial charge in [0.1, 0.15) is 11.5 Å². The third-order valence-corrected chi connectivity index (χ3v) is 11.4. The van der Waals surface area contributed by atoms with Crippen molar-refractivity contribution in [1.29, 1.82) is 0 Å². The third-order valence-electron chi connectivity index (χ3n) is 9.79. The molecule has 2 N–H and O–H groups in total. The Morgan fingerprint density at radius 2 is 1.54 bits per heavy atom. The van der Waals surface area contributed by atoms with E-state index in [2.05, 4.69) is 44.1 Å². The minimum absolute atomic E-state index is 0.0519. The molecule has 0 aliphatic carbocycles. The Kier molecular flexibility index (Phi) is 11.9. The number of nitrogens with one attached hydrogen (secondary N) is 2. The first-order valence-electron chi connectivity index (χ1n) is 18.4. The van der Waals surface area contributed by atoms with Crippen LogP contribution in [0.3, 0.4) is 0 Å². The van der Waals surface area contributed by atoms with E-state index >= 15 is 0 Å². The first-order valence-corrected chi connectivity index (χ1v) is 20.2. The number of pyridine rings is 1. The summed E-state index contributed by atoms with van der Waals surface area (Å²) in [4.78, 5) is 30.3. The van der Waals surface area contributed by atoms with E-state index in [1.54, 1.807) is 60.2 Å². The largest absolute Gasteiger partial charge is 0.456 e. The number of carbonyl (C=O) groups is 1. The molecular formula is C44H42ClN5O5S. The van der Waals surface area contributed by atoms with Gasteiger partial charge in [0.15, 0.2) is 0 Å². The molecule has 0 bridgehead atoms. The van der Waals surface area contributed by atoms with Crippen molar-refractivity contribution in [3.63, 3.8) is 0 Å². The van der Waals surface area contributed by atoms with E-state index < -0.39 is 15.9 Å². The lowest BCUT2D eigenvalue weighted by Gasteiger charge is -2.36. The zero-order valence-corrected chi connectivity index (χ0v) is 32.5. The van der Waals surface area contributed by atoms with E-state index in [-0.39, 0.29) is 21.8 Å². The summed E-state index contributed by atoms with van der Waals surface area (Å²) in [5.41, 5.74) is 5.80. The molecule has 1 aliphatic heterocycles. The number of carbonyl (C=O) groups excluding carboxylic acids is 1. The van der Waals surface area contributed by atoms with Crippen molar-refractivity contribution in [3.8, 4) is 22.6 Å². The molecule has 1 amide bonds. The standard InChI is InChI=1S/C44H42ClN5O5S/c1-32-29-38(19-21-41(32)46-22-24-50-23-8-7-13-43(50)51)56(53,54)47-44(52)40-20-18-36(30-42(40)55-37-10-3-2-4-11-37)49-27-25-48(26-28-49)31-34-9-5-6-12-39(34)33-14-16-35(45)17-15-33/h2-21,23,29-30,46H,22,24-28,31H2,1H3,(H,47,52). The van der Waals surface area contributed by atoms with Gasteiger partial charge >= 0.3 is 0 Å². The summed E-state index contributed by atoms with van der Waals surface area (Å²) < 4.78 is 37.1. The van der Waals surface area contributed by atoms with Gasteiger partial charge in [-0.05, 0) is 89.8 Å². The average molecular weight is 788 g/mol. The number of hydrogen-bond acceptors (Lipinski definition) is 8. The summed E-state index contributed by atoms with van der Waals surface area (Å²) in [7, 11) is -4.24. The van der Waals surface area contributed by atoms with E-state index in [4.69, 9.17) is 16.3 Å². The van der Waals surface area contributed by atoms with Crippen LogP contribution < -0.4 is 25.2 Å². The van der Waals surface area contributed by atoms with Gasteiger partial charge in [0.25, 0.3) is 21.5 Å². The fourth-order valence-corrected chi connectivity index (χ4v) is 7.94. The molecule has 1 aromatic heterocycles. The second kappa shape index (κ2) is 17.3. The molecule has 2 heterocycles. The zero-order valence-electron chi connectivity index (χ0n) is 30.9. The van der Waals surface area contributed by atoms with Crippen molar-refractivity contribution in [2.45, 2.75) is 24.9 Å². The van der Waals surface area contributed by atoms with Crippen molar-refractivity contribution in [2.24, 2.45) is 0 Å². The summed E-state index contributed by atoms with van der Waals surface area (Å²) in [6.07, 6.45) is 1.71. The van der Waals surface area contributed by atoms with E-state index in [1.165, 1.54) is 29.3 Å². The zero-order chi connectivity index (χ0) is 39.1. The van der Waals surface area contributed by atoms with Crippen LogP contribution in [0.15, 0.2) is 149 Å². The highest BCUT2D eigenvalue weighted by molar-refractivity contribution is 7.90. The fourth-order valence-electron chi connectivity index (χ4n) is 6.76. The molecule has 7 rings (SSSR count). The third kappa shape index (κ3) is 9.31. The lowest BCUT2D eigenvalue weighted by molar-refractivity contribution is 0.0979. The summed E-state index contributed by atoms with van der Waals surface area (Å²) in [6, 6.07) is 40.3. The minimum Gasteiger partial charge on any atom is -0.456 e. The normalized spacial score (nSPS) is 13.3. The number of aryl methyl sites for hydroxylation is 1. The van der Waals surface area contributed by atoms with Gasteiger partial charge in [0, 0.05) is 80.5 Å². The van der Waals surface area contributed by atoms with Crippen LogP contribution in [0.5, 0.6) is 11.5 Å². The number of nitrogens with zero attached hydrogens (tertiary/aromatic N) is 3. The van der Waals surface area contributed by atoms with Crippen molar-refractivity contribution < 1.29 is 17.9 Å². The molecule has 12 heteroatoms. The quantitative estimate of drug-likeness (QED) is 0.122. The summed E-state index contributed by atoms with van der Waals surface area (Å²) >= 11 is 6.15. The molecule has 6 aromatic rings. The van der Waals surface area contributed by atoms with Gasteiger partial charge in [-0.2, -0.15) is 0 Å². The van der Waals surface area contributed by atoms with Crippen LogP contribution in [0.1, 0.15) is 21.5 Å². The molecule has 0 saturated carbocycles. The molecular weight excluding hydrogens is 746 g/mol. The maximum absolute atomic E-state index is 13.7. The summed E-state index contributed by atoms with van der Waals surface area (Å²) in [5, 5.41) is 3.96. The molecule has 5 aromatic carbocycles. The van der Waals surface area contributed by atoms with Gasteiger partial charge in [0.05, 0.1) is 10.5 Å². The Bertz CT molecular complexity index is 2490. The molecule has 1 aliphatic rings. The number of halogens is 1. The predicted octanol–water partition coefficient (Wildman–Crippen LogP) is 7.82. The number of amides is 1. The molecule has 1 fully saturated rings. The number of piperazine rings is 1. The smallest absolute Gasteiger partial charge is 0.268 e. The molecule has 1 saturated heterocycles. The topological polar surface area (TPSA) is 113 Å². The second-order valence-corrected chi connectivity index (χ2v) is 15.7. The highest BCUT2D eigenvalue weighted by Gasteiger charge is 2.25. The number of anilines is 2. The van der Waals surface area contributed by atoms with Crippen LogP contribution in [0.2, 0.25) is 5.02 Å². The Morgan fingerprint density at radius 1 is 0.804 bits per heavy atom. The molecule has 56 heavy (non-hydrogen) atoms. The van der Waals surface area contributed by atoms with Crippen molar-refractivity contribution in [3.05, 3.63) is 172 Å². The summed E-state index contributed by atoms with van der Waals surface area (Å²) in [6.45, 7) is 6.64. The Labute approximate surface area is 332 Å². The van der Waals surface area contributed by atoms with Crippen molar-refractivity contribution in [1.82, 2.24) is 14.2 Å². The number of hydrogen-bond donors (Lipinski definition) is 2. The van der Waals surface area contributed by atoms with Gasteiger partial charge in [-0.25, -0.2) is 13.1 Å². The molecule has 0 unspecified atom stereocenters. The van der Waals surface area contributed by atoms with Gasteiger partial charge in [-0.3, -0.25) is 14.5 Å². The van der Waals surface area contributed by atoms with Crippen molar-refractivity contribution >= 4 is 38.9 Å². The van der Waals surface area contributed by atoms with E-state index in [1.807, 2.05) is 48.5 Å². The van der Waals surface area contributed by atoms with Crippen LogP contribution in [0, 0.1) is 6.92 Å². The maximum Gasteiger partial charge on any atom is 0.268 e. The van der Waals surface area contributed by atoms with E-state index in [9.17, 15) is 18.0 Å². The average Bonchev–Trinajstić information content (AvgIpc) is 3.20. The monoisotopic (exact) mass is 787 g/mol. The molecule has 0 spiro atoms. The molecule has 0 radical (unpaired) electrons. The van der Waals surface area contributed by atoms with Gasteiger partial charge < -0.3 is 19.5 Å². The first kappa shape index (κ1) is 38.4. The number of ether oxygens (including phenoxy) is 1. The number of aromatic nitrogens is 1. The van der Waals surface area contributed by atoms with Crippen LogP contribution in [0.4, 0.5) is 11.4 Å². The minimum atomic E-state index is -4.24. The van der Waals surface area contributed by atoms with Crippen LogP contribution in [0.25, 0.3) is 11.1 Å². The van der Waals surface area contributed by atoms with Crippen LogP contribution >= 0.6 is 11.6 Å². The van der Waals surface area contributed by atoms with Crippen molar-refractivity contribution in [2.75, 3.05) is 42.9 Å². The maximum atomic E-state index is 13.7. The predicted molar refractivity (Wildman–Crippen MR) is 222 cm³/mol. The second-order valence-electron chi connectivity index (χ2n) is 13.6. The molecule has 286 valence electrons. The first-order chi connectivity index (χ1) is 27.1. The van der Waals surface area contributed by atoms with Gasteiger partial charge in [-0.15, -0.1) is 0 Å². The Morgan fingerprint density at radius 3 is 2.29 bits per heavy atom. The SMILES string of the molecule is Cc1cc(S(=O)(=O)NC(=O)c2ccc(N3CCN(Cc4ccccc4-c4ccc(Cl)cc4)CC3)cc2Oc2ccccc2)ccc1NCCn1ccccc1=O.